The van der Waals surface area contributed by atoms with Crippen molar-refractivity contribution < 1.29 is 23.8 Å². The lowest BCUT2D eigenvalue weighted by Crippen LogP contribution is -2.33. The Labute approximate surface area is 183 Å². The summed E-state index contributed by atoms with van der Waals surface area (Å²) >= 11 is 0. The van der Waals surface area contributed by atoms with Crippen molar-refractivity contribution in [3.8, 4) is 29.1 Å². The Hall–Kier alpha value is -4.59. The zero-order chi connectivity index (χ0) is 23.1. The summed E-state index contributed by atoms with van der Waals surface area (Å²) in [5.74, 6) is 0.442. The number of benzene rings is 1. The molecular formula is C21H20N6O5. The molecule has 0 aliphatic heterocycles. The van der Waals surface area contributed by atoms with Gasteiger partial charge in [0, 0.05) is 11.8 Å². The van der Waals surface area contributed by atoms with Crippen LogP contribution in [0.1, 0.15) is 15.9 Å². The summed E-state index contributed by atoms with van der Waals surface area (Å²) in [7, 11) is 4.32. The predicted octanol–water partition coefficient (Wildman–Crippen LogP) is 1.53. The zero-order valence-corrected chi connectivity index (χ0v) is 17.6. The van der Waals surface area contributed by atoms with Crippen LogP contribution in [-0.2, 0) is 4.79 Å². The maximum absolute atomic E-state index is 12.6. The number of carbonyl (C=O) groups is 2. The number of amides is 2. The Bertz CT molecular complexity index is 1140. The smallest absolute Gasteiger partial charge is 0.251 e. The van der Waals surface area contributed by atoms with Gasteiger partial charge in [-0.3, -0.25) is 9.59 Å². The number of carbonyl (C=O) groups excluding carboxylic acids is 2. The van der Waals surface area contributed by atoms with Gasteiger partial charge in [0.2, 0.25) is 11.7 Å². The van der Waals surface area contributed by atoms with Crippen LogP contribution in [0.3, 0.4) is 0 Å². The summed E-state index contributed by atoms with van der Waals surface area (Å²) in [6, 6.07) is 10.1. The van der Waals surface area contributed by atoms with Crippen molar-refractivity contribution in [2.75, 3.05) is 33.2 Å². The number of anilines is 1. The van der Waals surface area contributed by atoms with Crippen molar-refractivity contribution in [2.45, 2.75) is 0 Å². The fourth-order valence-electron chi connectivity index (χ4n) is 2.85. The van der Waals surface area contributed by atoms with Crippen molar-refractivity contribution in [3.63, 3.8) is 0 Å². The highest BCUT2D eigenvalue weighted by Crippen LogP contribution is 2.38. The standard InChI is InChI=1S/C21H20N6O5/c1-30-15-8-13(9-16(31-2)19(15)32-3)21(29)24-12-18(28)26-20-14(10-22)11-25-27(20)17-6-4-5-7-23-17/h4-9,11H,12H2,1-3H3,(H,24,29)(H,26,28). The van der Waals surface area contributed by atoms with E-state index in [1.54, 1.807) is 24.4 Å². The van der Waals surface area contributed by atoms with Gasteiger partial charge in [0.05, 0.1) is 34.1 Å². The minimum absolute atomic E-state index is 0.151. The van der Waals surface area contributed by atoms with Gasteiger partial charge in [0.25, 0.3) is 5.91 Å². The van der Waals surface area contributed by atoms with Gasteiger partial charge in [-0.25, -0.2) is 4.98 Å². The van der Waals surface area contributed by atoms with E-state index < -0.39 is 11.8 Å². The summed E-state index contributed by atoms with van der Waals surface area (Å²) in [4.78, 5) is 29.2. The van der Waals surface area contributed by atoms with E-state index in [2.05, 4.69) is 20.7 Å². The highest BCUT2D eigenvalue weighted by molar-refractivity contribution is 6.00. The second-order valence-electron chi connectivity index (χ2n) is 6.26. The molecule has 0 unspecified atom stereocenters. The van der Waals surface area contributed by atoms with Crippen LogP contribution in [0.4, 0.5) is 5.82 Å². The molecule has 11 heteroatoms. The molecule has 3 rings (SSSR count). The summed E-state index contributed by atoms with van der Waals surface area (Å²) in [6.45, 7) is -0.353. The van der Waals surface area contributed by atoms with E-state index in [0.717, 1.165) is 0 Å². The Morgan fingerprint density at radius 1 is 1.12 bits per heavy atom. The van der Waals surface area contributed by atoms with Crippen LogP contribution in [0.5, 0.6) is 17.2 Å². The van der Waals surface area contributed by atoms with E-state index in [9.17, 15) is 14.9 Å². The van der Waals surface area contributed by atoms with Gasteiger partial charge in [0.15, 0.2) is 23.1 Å². The van der Waals surface area contributed by atoms with Crippen LogP contribution in [0.15, 0.2) is 42.7 Å². The minimum atomic E-state index is -0.556. The number of methoxy groups -OCH3 is 3. The van der Waals surface area contributed by atoms with Crippen molar-refractivity contribution in [1.29, 1.82) is 5.26 Å². The summed E-state index contributed by atoms with van der Waals surface area (Å²) in [6.07, 6.45) is 2.88. The van der Waals surface area contributed by atoms with Crippen LogP contribution in [-0.4, -0.2) is 54.5 Å². The van der Waals surface area contributed by atoms with Crippen LogP contribution in [0.25, 0.3) is 5.82 Å². The fourth-order valence-corrected chi connectivity index (χ4v) is 2.85. The summed E-state index contributed by atoms with van der Waals surface area (Å²) in [5.41, 5.74) is 0.364. The van der Waals surface area contributed by atoms with Crippen LogP contribution >= 0.6 is 0 Å². The van der Waals surface area contributed by atoms with Crippen LogP contribution in [0, 0.1) is 11.3 Å². The van der Waals surface area contributed by atoms with E-state index in [1.807, 2.05) is 6.07 Å². The van der Waals surface area contributed by atoms with E-state index in [0.29, 0.717) is 23.1 Å². The summed E-state index contributed by atoms with van der Waals surface area (Å²) in [5, 5.41) is 18.5. The van der Waals surface area contributed by atoms with Gasteiger partial charge in [-0.05, 0) is 24.3 Å². The van der Waals surface area contributed by atoms with Gasteiger partial charge >= 0.3 is 0 Å². The third kappa shape index (κ3) is 4.59. The molecule has 3 aromatic rings. The number of hydrogen-bond acceptors (Lipinski definition) is 8. The number of hydrogen-bond donors (Lipinski definition) is 2. The van der Waals surface area contributed by atoms with E-state index in [-0.39, 0.29) is 23.5 Å². The van der Waals surface area contributed by atoms with Crippen LogP contribution in [0.2, 0.25) is 0 Å². The first-order valence-electron chi connectivity index (χ1n) is 9.30. The molecule has 0 saturated heterocycles. The number of rotatable bonds is 8. The monoisotopic (exact) mass is 436 g/mol. The van der Waals surface area contributed by atoms with Crippen molar-refractivity contribution in [2.24, 2.45) is 0 Å². The first kappa shape index (κ1) is 22.1. The maximum atomic E-state index is 12.6. The lowest BCUT2D eigenvalue weighted by Gasteiger charge is -2.14. The molecule has 0 radical (unpaired) electrons. The lowest BCUT2D eigenvalue weighted by atomic mass is 10.1. The molecule has 2 aromatic heterocycles. The molecule has 2 N–H and O–H groups in total. The Balaban J connectivity index is 1.73. The number of nitriles is 1. The highest BCUT2D eigenvalue weighted by Gasteiger charge is 2.19. The van der Waals surface area contributed by atoms with E-state index in [1.165, 1.54) is 44.3 Å². The molecule has 2 amide bonds. The second-order valence-corrected chi connectivity index (χ2v) is 6.26. The molecule has 0 saturated carbocycles. The van der Waals surface area contributed by atoms with Crippen molar-refractivity contribution >= 4 is 17.6 Å². The highest BCUT2D eigenvalue weighted by atomic mass is 16.5. The molecular weight excluding hydrogens is 416 g/mol. The van der Waals surface area contributed by atoms with Gasteiger partial charge in [-0.2, -0.15) is 15.0 Å². The number of nitrogens with one attached hydrogen (secondary N) is 2. The fraction of sp³-hybridized carbons (Fsp3) is 0.190. The predicted molar refractivity (Wildman–Crippen MR) is 113 cm³/mol. The Morgan fingerprint density at radius 3 is 2.41 bits per heavy atom. The zero-order valence-electron chi connectivity index (χ0n) is 17.6. The third-order valence-electron chi connectivity index (χ3n) is 4.35. The van der Waals surface area contributed by atoms with Gasteiger partial charge < -0.3 is 24.8 Å². The third-order valence-corrected chi connectivity index (χ3v) is 4.35. The molecule has 32 heavy (non-hydrogen) atoms. The number of nitrogens with zero attached hydrogens (tertiary/aromatic N) is 4. The molecule has 2 heterocycles. The molecule has 164 valence electrons. The Kier molecular flexibility index (Phi) is 6.87. The summed E-state index contributed by atoms with van der Waals surface area (Å²) < 4.78 is 17.0. The Morgan fingerprint density at radius 2 is 1.84 bits per heavy atom. The number of pyridine rings is 1. The first-order chi connectivity index (χ1) is 15.5. The first-order valence-corrected chi connectivity index (χ1v) is 9.30. The average molecular weight is 436 g/mol. The normalized spacial score (nSPS) is 10.1. The second kappa shape index (κ2) is 9.94. The van der Waals surface area contributed by atoms with E-state index in [4.69, 9.17) is 14.2 Å². The molecule has 0 bridgehead atoms. The average Bonchev–Trinajstić information content (AvgIpc) is 3.24. The molecule has 0 fully saturated rings. The van der Waals surface area contributed by atoms with Gasteiger partial charge in [-0.15, -0.1) is 0 Å². The molecule has 0 spiro atoms. The molecule has 0 aliphatic carbocycles. The molecule has 0 atom stereocenters. The lowest BCUT2D eigenvalue weighted by molar-refractivity contribution is -0.115. The molecule has 1 aromatic carbocycles. The van der Waals surface area contributed by atoms with Gasteiger partial charge in [-0.1, -0.05) is 6.07 Å². The molecule has 0 aliphatic rings. The quantitative estimate of drug-likeness (QED) is 0.542. The number of ether oxygens (including phenoxy) is 3. The largest absolute Gasteiger partial charge is 0.493 e. The van der Waals surface area contributed by atoms with Crippen molar-refractivity contribution in [3.05, 3.63) is 53.9 Å². The van der Waals surface area contributed by atoms with E-state index >= 15 is 0 Å². The SMILES string of the molecule is COc1cc(C(=O)NCC(=O)Nc2c(C#N)cnn2-c2ccccn2)cc(OC)c1OC. The minimum Gasteiger partial charge on any atom is -0.493 e. The molecule has 11 nitrogen and oxygen atoms in total. The van der Waals surface area contributed by atoms with Gasteiger partial charge in [0.1, 0.15) is 11.6 Å². The topological polar surface area (TPSA) is 140 Å². The number of aromatic nitrogens is 3. The van der Waals surface area contributed by atoms with Crippen LogP contribution < -0.4 is 24.8 Å². The van der Waals surface area contributed by atoms with Crippen molar-refractivity contribution in [1.82, 2.24) is 20.1 Å². The maximum Gasteiger partial charge on any atom is 0.251 e.